The van der Waals surface area contributed by atoms with Gasteiger partial charge in [0.25, 0.3) is 0 Å². The molecule has 0 bridgehead atoms. The summed E-state index contributed by atoms with van der Waals surface area (Å²) in [5.41, 5.74) is 2.32. The Labute approximate surface area is 162 Å². The van der Waals surface area contributed by atoms with Crippen LogP contribution in [0.5, 0.6) is 0 Å². The second-order valence-electron chi connectivity index (χ2n) is 7.81. The lowest BCUT2D eigenvalue weighted by atomic mass is 9.96. The first-order valence-electron chi connectivity index (χ1n) is 10.4. The highest BCUT2D eigenvalue weighted by molar-refractivity contribution is 5.67. The molecule has 2 fully saturated rings. The molecule has 1 atom stereocenters. The van der Waals surface area contributed by atoms with Gasteiger partial charge in [-0.1, -0.05) is 12.2 Å². The molecule has 0 saturated carbocycles. The minimum absolute atomic E-state index is 0.165. The minimum atomic E-state index is -0.165. The molecule has 3 rings (SSSR count). The summed E-state index contributed by atoms with van der Waals surface area (Å²) < 4.78 is 5.10. The fraction of sp³-hybridized carbons (Fsp3) is 0.714. The SMILES string of the molecule is CCOC(=O)N1CCC(CN2CC[C@H](NC3=CCCC=C3CC=O)C2)CC1. The fourth-order valence-corrected chi connectivity index (χ4v) is 4.38. The van der Waals surface area contributed by atoms with E-state index >= 15 is 0 Å². The minimum Gasteiger partial charge on any atom is -0.450 e. The van der Waals surface area contributed by atoms with Crippen LogP contribution in [0, 0.1) is 5.92 Å². The molecule has 6 heteroatoms. The van der Waals surface area contributed by atoms with Gasteiger partial charge >= 0.3 is 6.09 Å². The van der Waals surface area contributed by atoms with Crippen LogP contribution in [0.2, 0.25) is 0 Å². The zero-order chi connectivity index (χ0) is 19.1. The molecule has 3 aliphatic rings. The van der Waals surface area contributed by atoms with E-state index in [0.717, 1.165) is 76.7 Å². The molecule has 0 aromatic carbocycles. The van der Waals surface area contributed by atoms with Crippen LogP contribution in [-0.4, -0.2) is 67.6 Å². The van der Waals surface area contributed by atoms with Crippen molar-refractivity contribution in [2.24, 2.45) is 5.92 Å². The van der Waals surface area contributed by atoms with Crippen molar-refractivity contribution in [2.45, 2.75) is 51.5 Å². The first kappa shape index (κ1) is 19.9. The fourth-order valence-electron chi connectivity index (χ4n) is 4.38. The van der Waals surface area contributed by atoms with Gasteiger partial charge in [-0.3, -0.25) is 0 Å². The van der Waals surface area contributed by atoms with Crippen molar-refractivity contribution >= 4 is 12.4 Å². The summed E-state index contributed by atoms with van der Waals surface area (Å²) in [4.78, 5) is 27.1. The molecule has 0 radical (unpaired) electrons. The van der Waals surface area contributed by atoms with Gasteiger partial charge in [0, 0.05) is 50.9 Å². The Morgan fingerprint density at radius 1 is 1.22 bits per heavy atom. The normalized spacial score (nSPS) is 24.3. The van der Waals surface area contributed by atoms with Crippen LogP contribution >= 0.6 is 0 Å². The van der Waals surface area contributed by atoms with E-state index in [0.29, 0.717) is 25.0 Å². The third-order valence-corrected chi connectivity index (χ3v) is 5.84. The maximum atomic E-state index is 11.8. The van der Waals surface area contributed by atoms with E-state index in [1.165, 1.54) is 5.70 Å². The van der Waals surface area contributed by atoms with E-state index in [2.05, 4.69) is 22.4 Å². The molecule has 6 nitrogen and oxygen atoms in total. The Morgan fingerprint density at radius 3 is 2.74 bits per heavy atom. The number of piperidine rings is 1. The molecule has 0 aromatic heterocycles. The number of likely N-dealkylation sites (tertiary alicyclic amines) is 2. The Hall–Kier alpha value is -1.82. The van der Waals surface area contributed by atoms with Crippen LogP contribution in [0.25, 0.3) is 0 Å². The second-order valence-corrected chi connectivity index (χ2v) is 7.81. The summed E-state index contributed by atoms with van der Waals surface area (Å²) in [6.45, 7) is 7.21. The van der Waals surface area contributed by atoms with Crippen molar-refractivity contribution in [3.63, 3.8) is 0 Å². The van der Waals surface area contributed by atoms with Crippen molar-refractivity contribution in [2.75, 3.05) is 39.3 Å². The molecule has 2 saturated heterocycles. The second kappa shape index (κ2) is 9.93. The third kappa shape index (κ3) is 5.58. The van der Waals surface area contributed by atoms with Gasteiger partial charge in [-0.05, 0) is 50.5 Å². The highest BCUT2D eigenvalue weighted by Gasteiger charge is 2.29. The van der Waals surface area contributed by atoms with E-state index in [1.54, 1.807) is 0 Å². The largest absolute Gasteiger partial charge is 0.450 e. The van der Waals surface area contributed by atoms with Gasteiger partial charge in [0.15, 0.2) is 0 Å². The van der Waals surface area contributed by atoms with E-state index < -0.39 is 0 Å². The molecule has 2 aliphatic heterocycles. The average Bonchev–Trinajstić information content (AvgIpc) is 3.11. The Morgan fingerprint density at radius 2 is 2.00 bits per heavy atom. The highest BCUT2D eigenvalue weighted by atomic mass is 16.6. The lowest BCUT2D eigenvalue weighted by Gasteiger charge is -2.33. The molecule has 1 aliphatic carbocycles. The van der Waals surface area contributed by atoms with Gasteiger partial charge in [-0.25, -0.2) is 4.79 Å². The third-order valence-electron chi connectivity index (χ3n) is 5.84. The zero-order valence-corrected chi connectivity index (χ0v) is 16.5. The number of allylic oxidation sites excluding steroid dienone is 3. The highest BCUT2D eigenvalue weighted by Crippen LogP contribution is 2.24. The zero-order valence-electron chi connectivity index (χ0n) is 16.5. The Balaban J connectivity index is 1.40. The molecule has 150 valence electrons. The lowest BCUT2D eigenvalue weighted by molar-refractivity contribution is -0.107. The molecule has 27 heavy (non-hydrogen) atoms. The number of hydrogen-bond donors (Lipinski definition) is 1. The molecular weight excluding hydrogens is 342 g/mol. The van der Waals surface area contributed by atoms with Gasteiger partial charge in [0.05, 0.1) is 6.61 Å². The summed E-state index contributed by atoms with van der Waals surface area (Å²) in [5, 5.41) is 3.68. The van der Waals surface area contributed by atoms with Gasteiger partial charge in [-0.15, -0.1) is 0 Å². The topological polar surface area (TPSA) is 61.9 Å². The van der Waals surface area contributed by atoms with E-state index in [4.69, 9.17) is 4.74 Å². The van der Waals surface area contributed by atoms with Crippen molar-refractivity contribution in [1.29, 1.82) is 0 Å². The molecule has 0 aromatic rings. The predicted molar refractivity (Wildman–Crippen MR) is 105 cm³/mol. The van der Waals surface area contributed by atoms with Crippen LogP contribution < -0.4 is 5.32 Å². The predicted octanol–water partition coefficient (Wildman–Crippen LogP) is 2.71. The van der Waals surface area contributed by atoms with Crippen molar-refractivity contribution in [1.82, 2.24) is 15.1 Å². The van der Waals surface area contributed by atoms with Crippen LogP contribution in [0.4, 0.5) is 4.79 Å². The van der Waals surface area contributed by atoms with Crippen molar-refractivity contribution < 1.29 is 14.3 Å². The molecule has 1 N–H and O–H groups in total. The first-order chi connectivity index (χ1) is 13.2. The van der Waals surface area contributed by atoms with Crippen LogP contribution in [0.3, 0.4) is 0 Å². The monoisotopic (exact) mass is 375 g/mol. The number of nitrogens with one attached hydrogen (secondary N) is 1. The van der Waals surface area contributed by atoms with Gasteiger partial charge in [0.2, 0.25) is 0 Å². The lowest BCUT2D eigenvalue weighted by Crippen LogP contribution is -2.42. The first-order valence-corrected chi connectivity index (χ1v) is 10.4. The van der Waals surface area contributed by atoms with Gasteiger partial charge < -0.3 is 24.6 Å². The summed E-state index contributed by atoms with van der Waals surface area (Å²) in [5.74, 6) is 0.661. The number of ether oxygens (including phenoxy) is 1. The average molecular weight is 376 g/mol. The van der Waals surface area contributed by atoms with E-state index in [9.17, 15) is 9.59 Å². The molecule has 0 unspecified atom stereocenters. The van der Waals surface area contributed by atoms with Crippen LogP contribution in [-0.2, 0) is 9.53 Å². The quantitative estimate of drug-likeness (QED) is 0.693. The van der Waals surface area contributed by atoms with Crippen molar-refractivity contribution in [3.05, 3.63) is 23.4 Å². The van der Waals surface area contributed by atoms with Gasteiger partial charge in [-0.2, -0.15) is 0 Å². The number of rotatable bonds is 7. The Kier molecular flexibility index (Phi) is 7.33. The molecule has 1 amide bonds. The summed E-state index contributed by atoms with van der Waals surface area (Å²) in [6, 6.07) is 0.462. The number of carbonyl (C=O) groups is 2. The Bertz CT molecular complexity index is 579. The standard InChI is InChI=1S/C21H33N3O3/c1-2-27-21(26)24-12-7-17(8-13-24)15-23-11-9-19(16-23)22-20-6-4-3-5-18(20)10-14-25/h5-6,14,17,19,22H,2-4,7-13,15-16H2,1H3/t19-/m0/s1. The van der Waals surface area contributed by atoms with Gasteiger partial charge in [0.1, 0.15) is 6.29 Å². The number of carbonyl (C=O) groups excluding carboxylic acids is 2. The maximum absolute atomic E-state index is 11.8. The summed E-state index contributed by atoms with van der Waals surface area (Å²) in [7, 11) is 0. The molecular formula is C21H33N3O3. The maximum Gasteiger partial charge on any atom is 0.409 e. The molecule has 2 heterocycles. The van der Waals surface area contributed by atoms with E-state index in [1.807, 2.05) is 11.8 Å². The summed E-state index contributed by atoms with van der Waals surface area (Å²) >= 11 is 0. The summed E-state index contributed by atoms with van der Waals surface area (Å²) in [6.07, 6.45) is 11.1. The number of hydrogen-bond acceptors (Lipinski definition) is 5. The smallest absolute Gasteiger partial charge is 0.409 e. The van der Waals surface area contributed by atoms with Crippen LogP contribution in [0.15, 0.2) is 23.4 Å². The van der Waals surface area contributed by atoms with E-state index in [-0.39, 0.29) is 6.09 Å². The molecule has 0 spiro atoms. The number of nitrogens with zero attached hydrogens (tertiary/aromatic N) is 2. The van der Waals surface area contributed by atoms with Crippen LogP contribution in [0.1, 0.15) is 45.4 Å². The number of aldehydes is 1. The number of amides is 1. The van der Waals surface area contributed by atoms with Crippen molar-refractivity contribution in [3.8, 4) is 0 Å².